The van der Waals surface area contributed by atoms with Crippen molar-refractivity contribution in [3.05, 3.63) is 34.9 Å². The number of rotatable bonds is 20. The van der Waals surface area contributed by atoms with Crippen LogP contribution in [0.15, 0.2) is 18.2 Å². The first-order valence-corrected chi connectivity index (χ1v) is 56.5. The molecule has 8 heterocycles. The minimum absolute atomic E-state index is 0.647. The van der Waals surface area contributed by atoms with Crippen molar-refractivity contribution in [3.63, 3.8) is 0 Å². The first-order chi connectivity index (χ1) is 59.4. The molecule has 0 amide bonds. The topological polar surface area (TPSA) is 25.9 Å². The zero-order valence-electron chi connectivity index (χ0n) is 93.9. The summed E-state index contributed by atoms with van der Waals surface area (Å²) in [6.45, 7) is 115. The summed E-state index contributed by atoms with van der Waals surface area (Å²) in [4.78, 5) is 20.8. The van der Waals surface area contributed by atoms with Crippen molar-refractivity contribution in [2.24, 2.45) is 147 Å². The van der Waals surface area contributed by atoms with E-state index in [9.17, 15) is 0 Å². The maximum atomic E-state index is 2.67. The highest BCUT2D eigenvalue weighted by Crippen LogP contribution is 2.49. The molecule has 1 aromatic carbocycles. The van der Waals surface area contributed by atoms with Crippen LogP contribution in [-0.2, 0) is 13.0 Å². The van der Waals surface area contributed by atoms with Crippen molar-refractivity contribution in [1.82, 2.24) is 39.2 Å². The third-order valence-corrected chi connectivity index (χ3v) is 35.8. The van der Waals surface area contributed by atoms with Gasteiger partial charge in [-0.3, -0.25) is 9.80 Å². The predicted octanol–water partition coefficient (Wildman–Crippen LogP) is 31.4. The molecular weight excluding hydrogens is 1540 g/mol. The first-order valence-electron chi connectivity index (χ1n) is 56.5. The molecule has 8 heteroatoms. The Morgan fingerprint density at radius 2 is 0.528 bits per heavy atom. The molecule has 750 valence electrons. The lowest BCUT2D eigenvalue weighted by molar-refractivity contribution is -0.0587. The van der Waals surface area contributed by atoms with Crippen LogP contribution in [0.5, 0.6) is 0 Å². The van der Waals surface area contributed by atoms with Gasteiger partial charge in [-0.25, -0.2) is 0 Å². The summed E-state index contributed by atoms with van der Waals surface area (Å²) in [6.07, 6.45) is 33.4. The van der Waals surface area contributed by atoms with Crippen LogP contribution in [0.25, 0.3) is 0 Å². The van der Waals surface area contributed by atoms with E-state index in [2.05, 4.69) is 334 Å². The second-order valence-electron chi connectivity index (χ2n) is 51.4. The molecule has 0 bridgehead atoms. The SMILES string of the molecule is CC(C)C1CC2CN(C(C)C)CC2C1.CC(C)C1CCC(C(C)C)CC1.CC(C)C1CCC2(CC1)CN(C(C)C)C2.CC(C)C1CCCC(C(C)C)C1.CC(C)C1CCCN(C(C)C)C1.CC(C)C1CCCN(C(C)C)CC1.CC(C)C1CCN(C(C)C)C1.CC(C)C1CCN(C(C)C)CC1.CC(C)C1CN(C(C)C)C1.CC(C)c1ccc2c(c1)CCN(C(C)C)C2. The van der Waals surface area contributed by atoms with Gasteiger partial charge in [-0.2, -0.15) is 0 Å². The van der Waals surface area contributed by atoms with Gasteiger partial charge in [0.05, 0.1) is 0 Å². The Hall–Kier alpha value is -1.10. The zero-order valence-corrected chi connectivity index (χ0v) is 93.9. The van der Waals surface area contributed by atoms with Crippen molar-refractivity contribution in [3.8, 4) is 0 Å². The monoisotopic (exact) mass is 1780 g/mol. The van der Waals surface area contributed by atoms with Gasteiger partial charge in [0.1, 0.15) is 0 Å². The molecule has 11 fully saturated rings. The van der Waals surface area contributed by atoms with Crippen molar-refractivity contribution >= 4 is 0 Å². The molecule has 0 aromatic heterocycles. The molecule has 1 aromatic rings. The highest BCUT2D eigenvalue weighted by molar-refractivity contribution is 5.35. The lowest BCUT2D eigenvalue weighted by atomic mass is 9.64. The number of fused-ring (bicyclic) bond motifs is 2. The summed E-state index contributed by atoms with van der Waals surface area (Å²) in [6, 6.07) is 13.0. The molecule has 0 radical (unpaired) electrons. The van der Waals surface area contributed by atoms with Crippen molar-refractivity contribution in [1.29, 1.82) is 0 Å². The highest BCUT2D eigenvalue weighted by Gasteiger charge is 2.46. The van der Waals surface area contributed by atoms with Crippen LogP contribution in [0.2, 0.25) is 0 Å². The molecule has 127 heavy (non-hydrogen) atoms. The Morgan fingerprint density at radius 1 is 0.228 bits per heavy atom. The van der Waals surface area contributed by atoms with Crippen LogP contribution in [-0.4, -0.2) is 186 Å². The quantitative estimate of drug-likeness (QED) is 0.127. The van der Waals surface area contributed by atoms with E-state index in [1.165, 1.54) is 257 Å². The molecule has 0 N–H and O–H groups in total. The maximum Gasteiger partial charge on any atom is 0.0239 e. The number of piperidine rings is 2. The van der Waals surface area contributed by atoms with E-state index in [1.54, 1.807) is 5.56 Å². The summed E-state index contributed by atoms with van der Waals surface area (Å²) >= 11 is 0. The average molecular weight is 1780 g/mol. The van der Waals surface area contributed by atoms with Gasteiger partial charge in [0, 0.05) is 114 Å². The Morgan fingerprint density at radius 3 is 0.890 bits per heavy atom. The summed E-state index contributed by atoms with van der Waals surface area (Å²) in [5.74, 6) is 23.5. The molecular formula is C119H234N8. The van der Waals surface area contributed by atoms with Gasteiger partial charge in [-0.05, 0) is 449 Å². The van der Waals surface area contributed by atoms with E-state index in [1.807, 2.05) is 0 Å². The highest BCUT2D eigenvalue weighted by atomic mass is 15.2. The lowest BCUT2D eigenvalue weighted by Crippen LogP contribution is -2.59. The number of benzene rings is 1. The molecule has 7 unspecified atom stereocenters. The molecule has 8 aliphatic heterocycles. The molecule has 1 spiro atoms. The van der Waals surface area contributed by atoms with Gasteiger partial charge in [-0.15, -0.1) is 0 Å². The molecule has 7 saturated heterocycles. The van der Waals surface area contributed by atoms with Crippen LogP contribution < -0.4 is 0 Å². The van der Waals surface area contributed by atoms with E-state index < -0.39 is 0 Å². The molecule has 12 aliphatic rings. The van der Waals surface area contributed by atoms with Crippen LogP contribution in [0.1, 0.15) is 441 Å². The Labute approximate surface area is 800 Å². The predicted molar refractivity (Wildman–Crippen MR) is 569 cm³/mol. The van der Waals surface area contributed by atoms with Crippen LogP contribution in [0.4, 0.5) is 0 Å². The standard InChI is InChI=1S/C15H23N.C14H27N.C13H25N.C12H25N.2C12H24.2C11H23N.C10H21N.C9H19N/c1-11(2)13-5-6-15-10-16(12(3)4)8-7-14(15)9-13;1-11(2)13-5-7-14(8-6-13)9-15(10-14)12(3)4;1-9(2)11-5-12-7-14(10(3)4)8-13(12)6-11;1-10(2)12-6-5-8-13(9-7-12)11(3)4;1-9(2)11-5-7-12(8-6-11)10(3)4;1-9(2)11-6-5-7-12(8-11)10(3)4;1-9(2)11-5-7-12(8-6-11)10(3)4;1-9(2)11-6-5-7-12(8-11)10(3)4;1-8(2)10-5-6-11(7-10)9(3)4;1-7(2)9-5-10(6-9)8(3)4/h5-6,9,11-12H,7-8,10H2,1-4H3;11-13H,5-10H2,1-4H3;9-13H,5-8H2,1-4H3;10-12H,5-9H2,1-4H3;2*9-12H,5-8H2,1-4H3;2*9-11H,5-8H2,1-4H3;8-10H,5-7H2,1-4H3;7-9H,5-6H2,1-4H3. The van der Waals surface area contributed by atoms with Gasteiger partial charge in [0.15, 0.2) is 0 Å². The van der Waals surface area contributed by atoms with Crippen molar-refractivity contribution < 1.29 is 0 Å². The van der Waals surface area contributed by atoms with Gasteiger partial charge < -0.3 is 29.4 Å². The van der Waals surface area contributed by atoms with Crippen molar-refractivity contribution in [2.75, 3.05) is 98.2 Å². The van der Waals surface area contributed by atoms with E-state index >= 15 is 0 Å². The fraction of sp³-hybridized carbons (Fsp3) is 0.950. The summed E-state index contributed by atoms with van der Waals surface area (Å²) in [5.41, 5.74) is 5.33. The third-order valence-electron chi connectivity index (χ3n) is 35.8. The van der Waals surface area contributed by atoms with Crippen molar-refractivity contribution in [2.45, 2.75) is 485 Å². The van der Waals surface area contributed by atoms with E-state index in [0.29, 0.717) is 12.0 Å². The summed E-state index contributed by atoms with van der Waals surface area (Å²) in [7, 11) is 0. The fourth-order valence-corrected chi connectivity index (χ4v) is 23.8. The Bertz CT molecular complexity index is 2670. The van der Waals surface area contributed by atoms with Gasteiger partial charge >= 0.3 is 0 Å². The fourth-order valence-electron chi connectivity index (χ4n) is 23.8. The molecule has 4 saturated carbocycles. The third kappa shape index (κ3) is 42.4. The summed E-state index contributed by atoms with van der Waals surface area (Å²) < 4.78 is 0. The van der Waals surface area contributed by atoms with E-state index in [0.717, 1.165) is 196 Å². The molecule has 13 rings (SSSR count). The maximum absolute atomic E-state index is 2.67. The number of hydrogen-bond acceptors (Lipinski definition) is 8. The second kappa shape index (κ2) is 59.9. The molecule has 8 nitrogen and oxygen atoms in total. The van der Waals surface area contributed by atoms with Crippen LogP contribution in [0.3, 0.4) is 0 Å². The lowest BCUT2D eigenvalue weighted by Gasteiger charge is -2.55. The van der Waals surface area contributed by atoms with Gasteiger partial charge in [0.2, 0.25) is 0 Å². The second-order valence-corrected chi connectivity index (χ2v) is 51.4. The minimum Gasteiger partial charge on any atom is -0.301 e. The van der Waals surface area contributed by atoms with E-state index in [-0.39, 0.29) is 0 Å². The summed E-state index contributed by atoms with van der Waals surface area (Å²) in [5, 5.41) is 0. The first kappa shape index (κ1) is 118. The minimum atomic E-state index is 0.647. The van der Waals surface area contributed by atoms with Crippen LogP contribution in [0, 0.1) is 147 Å². The Kier molecular flexibility index (Phi) is 55.8. The van der Waals surface area contributed by atoms with Gasteiger partial charge in [-0.1, -0.05) is 204 Å². The Balaban J connectivity index is 0.000000297. The van der Waals surface area contributed by atoms with Crippen LogP contribution >= 0.6 is 0 Å². The molecule has 4 aliphatic carbocycles. The number of nitrogens with zero attached hydrogens (tertiary/aromatic N) is 8. The normalized spacial score (nSPS) is 27.1. The largest absolute Gasteiger partial charge is 0.301 e. The number of hydrogen-bond donors (Lipinski definition) is 0. The average Bonchev–Trinajstić information content (AvgIpc) is 1.50. The molecule has 7 atom stereocenters. The van der Waals surface area contributed by atoms with Gasteiger partial charge in [0.25, 0.3) is 0 Å². The zero-order chi connectivity index (χ0) is 95.6. The smallest absolute Gasteiger partial charge is 0.0239 e. The number of likely N-dealkylation sites (tertiary alicyclic amines) is 7. The van der Waals surface area contributed by atoms with E-state index in [4.69, 9.17) is 0 Å².